The summed E-state index contributed by atoms with van der Waals surface area (Å²) < 4.78 is 37.5. The Labute approximate surface area is 117 Å². The van der Waals surface area contributed by atoms with E-state index in [1.807, 2.05) is 5.32 Å². The summed E-state index contributed by atoms with van der Waals surface area (Å²) in [5.41, 5.74) is -1.56. The Morgan fingerprint density at radius 2 is 2.00 bits per heavy atom. The van der Waals surface area contributed by atoms with Crippen LogP contribution in [-0.2, 0) is 11.0 Å². The Hall–Kier alpha value is -2.76. The molecule has 0 saturated heterocycles. The highest BCUT2D eigenvalue weighted by molar-refractivity contribution is 5.93. The number of amides is 2. The van der Waals surface area contributed by atoms with E-state index in [9.17, 15) is 22.8 Å². The predicted molar refractivity (Wildman–Crippen MR) is 65.4 cm³/mol. The van der Waals surface area contributed by atoms with Gasteiger partial charge in [-0.15, -0.1) is 0 Å². The lowest BCUT2D eigenvalue weighted by Crippen LogP contribution is -2.41. The van der Waals surface area contributed by atoms with Gasteiger partial charge < -0.3 is 15.7 Å². The van der Waals surface area contributed by atoms with E-state index >= 15 is 0 Å². The molecular formula is C12H10F3N3O3. The molecule has 9 heteroatoms. The van der Waals surface area contributed by atoms with Crippen molar-refractivity contribution in [2.45, 2.75) is 19.1 Å². The number of benzene rings is 1. The van der Waals surface area contributed by atoms with Crippen molar-refractivity contribution >= 4 is 17.7 Å². The van der Waals surface area contributed by atoms with E-state index in [0.29, 0.717) is 12.1 Å². The Kier molecular flexibility index (Phi) is 4.75. The normalized spacial score (nSPS) is 12.1. The fourth-order valence-corrected chi connectivity index (χ4v) is 1.34. The summed E-state index contributed by atoms with van der Waals surface area (Å²) in [6, 6.07) is 1.62. The molecule has 0 radical (unpaired) electrons. The average molecular weight is 301 g/mol. The number of nitrogens with one attached hydrogen (secondary N) is 2. The van der Waals surface area contributed by atoms with Crippen LogP contribution >= 0.6 is 0 Å². The van der Waals surface area contributed by atoms with Crippen LogP contribution in [0.1, 0.15) is 18.1 Å². The van der Waals surface area contributed by atoms with Crippen LogP contribution in [0.2, 0.25) is 0 Å². The molecule has 1 atom stereocenters. The molecule has 0 heterocycles. The monoisotopic (exact) mass is 301 g/mol. The fraction of sp³-hybridized carbons (Fsp3) is 0.250. The van der Waals surface area contributed by atoms with Crippen molar-refractivity contribution in [2.24, 2.45) is 0 Å². The molecule has 0 aromatic heterocycles. The number of nitrogens with zero attached hydrogens (tertiary/aromatic N) is 1. The van der Waals surface area contributed by atoms with Gasteiger partial charge in [-0.2, -0.15) is 18.4 Å². The maximum atomic E-state index is 12.5. The lowest BCUT2D eigenvalue weighted by Gasteiger charge is -2.13. The first-order valence-corrected chi connectivity index (χ1v) is 5.57. The molecule has 0 saturated carbocycles. The smallest absolute Gasteiger partial charge is 0.416 e. The molecule has 1 rings (SSSR count). The topological polar surface area (TPSA) is 102 Å². The van der Waals surface area contributed by atoms with Crippen LogP contribution in [-0.4, -0.2) is 23.1 Å². The number of rotatable bonds is 3. The van der Waals surface area contributed by atoms with Crippen molar-refractivity contribution in [3.05, 3.63) is 29.3 Å². The standard InChI is InChI=1S/C12H10F3N3O3/c1-6(10(19)20)17-11(21)18-9-3-2-8(12(13,14)15)4-7(9)5-16/h2-4,6H,1H3,(H,19,20)(H2,17,18,21). The van der Waals surface area contributed by atoms with Crippen LogP contribution in [0, 0.1) is 11.3 Å². The van der Waals surface area contributed by atoms with Crippen LogP contribution < -0.4 is 10.6 Å². The third-order valence-corrected chi connectivity index (χ3v) is 2.43. The number of carbonyl (C=O) groups excluding carboxylic acids is 1. The van der Waals surface area contributed by atoms with Gasteiger partial charge >= 0.3 is 18.2 Å². The van der Waals surface area contributed by atoms with Crippen molar-refractivity contribution in [3.8, 4) is 6.07 Å². The average Bonchev–Trinajstić information content (AvgIpc) is 2.37. The Balaban J connectivity index is 2.92. The number of carboxylic acid groups (broad SMARTS) is 1. The molecule has 0 aliphatic rings. The lowest BCUT2D eigenvalue weighted by atomic mass is 10.1. The number of nitriles is 1. The highest BCUT2D eigenvalue weighted by Gasteiger charge is 2.31. The minimum Gasteiger partial charge on any atom is -0.480 e. The molecule has 0 fully saturated rings. The zero-order valence-electron chi connectivity index (χ0n) is 10.7. The number of hydrogen-bond acceptors (Lipinski definition) is 3. The second-order valence-electron chi connectivity index (χ2n) is 4.03. The SMILES string of the molecule is CC(NC(=O)Nc1ccc(C(F)(F)F)cc1C#N)C(=O)O. The predicted octanol–water partition coefficient (Wildman–Crippen LogP) is 2.17. The maximum absolute atomic E-state index is 12.5. The molecule has 0 spiro atoms. The van der Waals surface area contributed by atoms with Crippen molar-refractivity contribution in [3.63, 3.8) is 0 Å². The molecule has 3 N–H and O–H groups in total. The van der Waals surface area contributed by atoms with Gasteiger partial charge in [0.1, 0.15) is 12.1 Å². The van der Waals surface area contributed by atoms with Crippen molar-refractivity contribution in [1.29, 1.82) is 5.26 Å². The summed E-state index contributed by atoms with van der Waals surface area (Å²) in [4.78, 5) is 22.0. The summed E-state index contributed by atoms with van der Waals surface area (Å²) in [6.07, 6.45) is -4.61. The zero-order chi connectivity index (χ0) is 16.2. The van der Waals surface area contributed by atoms with Gasteiger partial charge in [0.2, 0.25) is 0 Å². The Morgan fingerprint density at radius 1 is 1.38 bits per heavy atom. The molecule has 0 bridgehead atoms. The third kappa shape index (κ3) is 4.38. The maximum Gasteiger partial charge on any atom is 0.416 e. The molecule has 0 aliphatic heterocycles. The van der Waals surface area contributed by atoms with Gasteiger partial charge in [-0.05, 0) is 25.1 Å². The van der Waals surface area contributed by atoms with E-state index in [4.69, 9.17) is 10.4 Å². The molecule has 2 amide bonds. The molecule has 1 aromatic carbocycles. The minimum absolute atomic E-state index is 0.152. The van der Waals surface area contributed by atoms with Gasteiger partial charge in [0.15, 0.2) is 0 Å². The fourth-order valence-electron chi connectivity index (χ4n) is 1.34. The van der Waals surface area contributed by atoms with Gasteiger partial charge in [0.05, 0.1) is 16.8 Å². The molecule has 6 nitrogen and oxygen atoms in total. The summed E-state index contributed by atoms with van der Waals surface area (Å²) >= 11 is 0. The zero-order valence-corrected chi connectivity index (χ0v) is 10.7. The van der Waals surface area contributed by atoms with E-state index in [0.717, 1.165) is 6.07 Å². The number of hydrogen-bond donors (Lipinski definition) is 3. The molecular weight excluding hydrogens is 291 g/mol. The number of anilines is 1. The number of carboxylic acids is 1. The third-order valence-electron chi connectivity index (χ3n) is 2.43. The van der Waals surface area contributed by atoms with Gasteiger partial charge in [-0.3, -0.25) is 4.79 Å². The van der Waals surface area contributed by atoms with Gasteiger partial charge in [0, 0.05) is 0 Å². The van der Waals surface area contributed by atoms with Crippen LogP contribution in [0.3, 0.4) is 0 Å². The van der Waals surface area contributed by atoms with E-state index in [1.54, 1.807) is 0 Å². The van der Waals surface area contributed by atoms with Crippen LogP contribution in [0.4, 0.5) is 23.7 Å². The number of aliphatic carboxylic acids is 1. The first-order valence-electron chi connectivity index (χ1n) is 5.57. The molecule has 21 heavy (non-hydrogen) atoms. The Morgan fingerprint density at radius 3 is 2.48 bits per heavy atom. The first-order chi connectivity index (χ1) is 9.65. The number of halogens is 3. The molecule has 1 aromatic rings. The van der Waals surface area contributed by atoms with Gasteiger partial charge in [0.25, 0.3) is 0 Å². The highest BCUT2D eigenvalue weighted by atomic mass is 19.4. The van der Waals surface area contributed by atoms with E-state index in [-0.39, 0.29) is 11.3 Å². The van der Waals surface area contributed by atoms with Crippen LogP contribution in [0.25, 0.3) is 0 Å². The second-order valence-corrected chi connectivity index (χ2v) is 4.03. The van der Waals surface area contributed by atoms with Crippen molar-refractivity contribution < 1.29 is 27.9 Å². The number of carbonyl (C=O) groups is 2. The quantitative estimate of drug-likeness (QED) is 0.796. The Bertz CT molecular complexity index is 608. The lowest BCUT2D eigenvalue weighted by molar-refractivity contribution is -0.139. The van der Waals surface area contributed by atoms with E-state index in [2.05, 4.69) is 5.32 Å². The second kappa shape index (κ2) is 6.13. The van der Waals surface area contributed by atoms with E-state index in [1.165, 1.54) is 13.0 Å². The van der Waals surface area contributed by atoms with Crippen LogP contribution in [0.5, 0.6) is 0 Å². The minimum atomic E-state index is -4.61. The molecule has 112 valence electrons. The van der Waals surface area contributed by atoms with Gasteiger partial charge in [-0.25, -0.2) is 4.79 Å². The largest absolute Gasteiger partial charge is 0.480 e. The van der Waals surface area contributed by atoms with E-state index < -0.39 is 29.8 Å². The summed E-state index contributed by atoms with van der Waals surface area (Å²) in [7, 11) is 0. The van der Waals surface area contributed by atoms with Crippen molar-refractivity contribution in [1.82, 2.24) is 5.32 Å². The summed E-state index contributed by atoms with van der Waals surface area (Å²) in [6.45, 7) is 1.21. The summed E-state index contributed by atoms with van der Waals surface area (Å²) in [5, 5.41) is 21.6. The number of alkyl halides is 3. The van der Waals surface area contributed by atoms with Crippen LogP contribution in [0.15, 0.2) is 18.2 Å². The number of urea groups is 1. The van der Waals surface area contributed by atoms with Crippen molar-refractivity contribution in [2.75, 3.05) is 5.32 Å². The molecule has 1 unspecified atom stereocenters. The van der Waals surface area contributed by atoms with Gasteiger partial charge in [-0.1, -0.05) is 0 Å². The first kappa shape index (κ1) is 16.3. The highest BCUT2D eigenvalue weighted by Crippen LogP contribution is 2.31. The molecule has 0 aliphatic carbocycles. The summed E-state index contributed by atoms with van der Waals surface area (Å²) in [5.74, 6) is -1.28.